The fourth-order valence-electron chi connectivity index (χ4n) is 3.05. The summed E-state index contributed by atoms with van der Waals surface area (Å²) in [6.45, 7) is 2.32. The van der Waals surface area contributed by atoms with E-state index in [0.717, 1.165) is 0 Å². The van der Waals surface area contributed by atoms with Gasteiger partial charge in [0.05, 0.1) is 5.56 Å². The number of phenols is 1. The van der Waals surface area contributed by atoms with E-state index < -0.39 is 17.6 Å². The maximum absolute atomic E-state index is 14.1. The van der Waals surface area contributed by atoms with Gasteiger partial charge in [-0.2, -0.15) is 0 Å². The van der Waals surface area contributed by atoms with Crippen LogP contribution in [0.15, 0.2) is 84.6 Å². The summed E-state index contributed by atoms with van der Waals surface area (Å²) in [5.41, 5.74) is 1.15. The van der Waals surface area contributed by atoms with E-state index in [9.17, 15) is 19.1 Å². The largest absolute Gasteiger partial charge is 0.508 e. The molecule has 0 saturated carbocycles. The van der Waals surface area contributed by atoms with Crippen molar-refractivity contribution in [1.29, 1.82) is 0 Å². The highest BCUT2D eigenvalue weighted by molar-refractivity contribution is 6.11. The molecule has 0 radical (unpaired) electrons. The van der Waals surface area contributed by atoms with Gasteiger partial charge in [-0.3, -0.25) is 9.59 Å². The van der Waals surface area contributed by atoms with Crippen LogP contribution in [-0.2, 0) is 4.79 Å². The summed E-state index contributed by atoms with van der Waals surface area (Å²) in [5, 5.41) is 12.2. The molecule has 0 fully saturated rings. The van der Waals surface area contributed by atoms with Crippen LogP contribution in [-0.4, -0.2) is 23.5 Å². The van der Waals surface area contributed by atoms with E-state index in [-0.39, 0.29) is 17.0 Å². The molecule has 2 amide bonds. The normalized spacial score (nSPS) is 11.1. The van der Waals surface area contributed by atoms with Crippen molar-refractivity contribution in [2.24, 2.45) is 0 Å². The second-order valence-electron chi connectivity index (χ2n) is 6.88. The molecule has 3 aromatic rings. The Morgan fingerprint density at radius 2 is 1.61 bits per heavy atom. The quantitative estimate of drug-likeness (QED) is 0.544. The number of phenolic OH excluding ortho intramolecular Hbond substituents is 1. The SMILES string of the molecule is CCCN(C(=O)/C(=C/c1ccccc1)NC(=O)c1ccccc1F)c1ccc(O)cc1. The molecule has 0 aliphatic rings. The highest BCUT2D eigenvalue weighted by Gasteiger charge is 2.23. The van der Waals surface area contributed by atoms with Crippen LogP contribution in [0.25, 0.3) is 6.08 Å². The van der Waals surface area contributed by atoms with Gasteiger partial charge in [0.1, 0.15) is 17.3 Å². The van der Waals surface area contributed by atoms with Crippen molar-refractivity contribution in [2.75, 3.05) is 11.4 Å². The Morgan fingerprint density at radius 3 is 2.26 bits per heavy atom. The maximum Gasteiger partial charge on any atom is 0.274 e. The summed E-state index contributed by atoms with van der Waals surface area (Å²) in [5.74, 6) is -1.74. The first kappa shape index (κ1) is 21.8. The molecule has 31 heavy (non-hydrogen) atoms. The number of amides is 2. The molecule has 3 rings (SSSR count). The zero-order valence-corrected chi connectivity index (χ0v) is 17.1. The van der Waals surface area contributed by atoms with Gasteiger partial charge < -0.3 is 15.3 Å². The zero-order chi connectivity index (χ0) is 22.2. The van der Waals surface area contributed by atoms with Crippen LogP contribution in [0, 0.1) is 5.82 Å². The van der Waals surface area contributed by atoms with E-state index in [2.05, 4.69) is 5.32 Å². The van der Waals surface area contributed by atoms with Gasteiger partial charge in [-0.25, -0.2) is 4.39 Å². The first-order valence-electron chi connectivity index (χ1n) is 9.93. The van der Waals surface area contributed by atoms with Crippen LogP contribution in [0.3, 0.4) is 0 Å². The van der Waals surface area contributed by atoms with Crippen LogP contribution in [0.4, 0.5) is 10.1 Å². The Hall–Kier alpha value is -3.93. The Balaban J connectivity index is 1.99. The fourth-order valence-corrected chi connectivity index (χ4v) is 3.05. The van der Waals surface area contributed by atoms with Crippen molar-refractivity contribution in [2.45, 2.75) is 13.3 Å². The topological polar surface area (TPSA) is 69.6 Å². The van der Waals surface area contributed by atoms with Crippen molar-refractivity contribution in [3.8, 4) is 5.75 Å². The predicted molar refractivity (Wildman–Crippen MR) is 119 cm³/mol. The van der Waals surface area contributed by atoms with Crippen molar-refractivity contribution in [1.82, 2.24) is 5.32 Å². The van der Waals surface area contributed by atoms with Gasteiger partial charge in [0.15, 0.2) is 0 Å². The lowest BCUT2D eigenvalue weighted by atomic mass is 10.1. The molecule has 0 aliphatic heterocycles. The number of hydrogen-bond acceptors (Lipinski definition) is 3. The number of aromatic hydroxyl groups is 1. The van der Waals surface area contributed by atoms with Crippen molar-refractivity contribution in [3.63, 3.8) is 0 Å². The molecule has 0 aromatic heterocycles. The molecule has 3 aromatic carbocycles. The number of anilines is 1. The van der Waals surface area contributed by atoms with Crippen LogP contribution in [0.2, 0.25) is 0 Å². The molecular formula is C25H23FN2O3. The summed E-state index contributed by atoms with van der Waals surface area (Å²) >= 11 is 0. The molecule has 0 saturated heterocycles. The molecule has 0 atom stereocenters. The van der Waals surface area contributed by atoms with Gasteiger partial charge in [0.2, 0.25) is 0 Å². The van der Waals surface area contributed by atoms with E-state index in [4.69, 9.17) is 0 Å². The molecule has 0 spiro atoms. The summed E-state index contributed by atoms with van der Waals surface area (Å²) < 4.78 is 14.1. The predicted octanol–water partition coefficient (Wildman–Crippen LogP) is 4.75. The van der Waals surface area contributed by atoms with Gasteiger partial charge in [0.25, 0.3) is 11.8 Å². The third-order valence-corrected chi connectivity index (χ3v) is 4.56. The van der Waals surface area contributed by atoms with Gasteiger partial charge in [-0.1, -0.05) is 49.4 Å². The Morgan fingerprint density at radius 1 is 0.968 bits per heavy atom. The Kier molecular flexibility index (Phi) is 7.17. The first-order chi connectivity index (χ1) is 15.0. The molecule has 5 nitrogen and oxygen atoms in total. The zero-order valence-electron chi connectivity index (χ0n) is 17.1. The summed E-state index contributed by atoms with van der Waals surface area (Å²) in [7, 11) is 0. The molecule has 6 heteroatoms. The summed E-state index contributed by atoms with van der Waals surface area (Å²) in [6.07, 6.45) is 2.23. The number of halogens is 1. The monoisotopic (exact) mass is 418 g/mol. The van der Waals surface area contributed by atoms with Gasteiger partial charge in [-0.15, -0.1) is 0 Å². The number of benzene rings is 3. The minimum absolute atomic E-state index is 0.0148. The third-order valence-electron chi connectivity index (χ3n) is 4.56. The number of carbonyl (C=O) groups excluding carboxylic acids is 2. The average molecular weight is 418 g/mol. The lowest BCUT2D eigenvalue weighted by molar-refractivity contribution is -0.115. The number of rotatable bonds is 7. The maximum atomic E-state index is 14.1. The number of carbonyl (C=O) groups is 2. The number of hydrogen-bond donors (Lipinski definition) is 2. The highest BCUT2D eigenvalue weighted by Crippen LogP contribution is 2.21. The molecule has 0 heterocycles. The van der Waals surface area contributed by atoms with E-state index in [0.29, 0.717) is 24.2 Å². The van der Waals surface area contributed by atoms with Crippen molar-refractivity contribution >= 4 is 23.6 Å². The highest BCUT2D eigenvalue weighted by atomic mass is 19.1. The standard InChI is InChI=1S/C25H23FN2O3/c1-2-16-28(19-12-14-20(29)15-13-19)25(31)23(17-18-8-4-3-5-9-18)27-24(30)21-10-6-7-11-22(21)26/h3-15,17,29H,2,16H2,1H3,(H,27,30)/b23-17-. The lowest BCUT2D eigenvalue weighted by Gasteiger charge is -2.24. The Labute approximate surface area is 180 Å². The second kappa shape index (κ2) is 10.2. The molecular weight excluding hydrogens is 395 g/mol. The minimum atomic E-state index is -0.712. The molecule has 2 N–H and O–H groups in total. The van der Waals surface area contributed by atoms with E-state index in [1.54, 1.807) is 36.4 Å². The molecule has 158 valence electrons. The van der Waals surface area contributed by atoms with E-state index >= 15 is 0 Å². The second-order valence-corrected chi connectivity index (χ2v) is 6.88. The third kappa shape index (κ3) is 5.57. The van der Waals surface area contributed by atoms with Gasteiger partial charge in [-0.05, 0) is 54.5 Å². The number of nitrogens with zero attached hydrogens (tertiary/aromatic N) is 1. The fraction of sp³-hybridized carbons (Fsp3) is 0.120. The Bertz CT molecular complexity index is 1080. The van der Waals surface area contributed by atoms with Crippen LogP contribution in [0.1, 0.15) is 29.3 Å². The van der Waals surface area contributed by atoms with Gasteiger partial charge in [0, 0.05) is 12.2 Å². The summed E-state index contributed by atoms with van der Waals surface area (Å²) in [4.78, 5) is 27.7. The van der Waals surface area contributed by atoms with E-state index in [1.807, 2.05) is 25.1 Å². The number of nitrogens with one attached hydrogen (secondary N) is 1. The van der Waals surface area contributed by atoms with Crippen molar-refractivity contribution < 1.29 is 19.1 Å². The van der Waals surface area contributed by atoms with Crippen molar-refractivity contribution in [3.05, 3.63) is 102 Å². The molecule has 0 aliphatic carbocycles. The minimum Gasteiger partial charge on any atom is -0.508 e. The smallest absolute Gasteiger partial charge is 0.274 e. The summed E-state index contributed by atoms with van der Waals surface area (Å²) in [6, 6.07) is 20.9. The van der Waals surface area contributed by atoms with Gasteiger partial charge >= 0.3 is 0 Å². The van der Waals surface area contributed by atoms with Crippen LogP contribution >= 0.6 is 0 Å². The van der Waals surface area contributed by atoms with Crippen LogP contribution < -0.4 is 10.2 Å². The first-order valence-corrected chi connectivity index (χ1v) is 9.93. The van der Waals surface area contributed by atoms with Crippen LogP contribution in [0.5, 0.6) is 5.75 Å². The lowest BCUT2D eigenvalue weighted by Crippen LogP contribution is -2.39. The van der Waals surface area contributed by atoms with E-state index in [1.165, 1.54) is 35.2 Å². The molecule has 0 bridgehead atoms. The average Bonchev–Trinajstić information content (AvgIpc) is 2.78. The molecule has 0 unspecified atom stereocenters.